The molecule has 0 unspecified atom stereocenters. The van der Waals surface area contributed by atoms with Crippen molar-refractivity contribution in [2.75, 3.05) is 33.9 Å². The third kappa shape index (κ3) is 5.61. The Balaban J connectivity index is 2.65. The summed E-state index contributed by atoms with van der Waals surface area (Å²) in [7, 11) is 3.14. The van der Waals surface area contributed by atoms with Crippen LogP contribution in [0.1, 0.15) is 12.5 Å². The summed E-state index contributed by atoms with van der Waals surface area (Å²) in [5, 5.41) is 10.9. The Labute approximate surface area is 129 Å². The van der Waals surface area contributed by atoms with E-state index in [0.29, 0.717) is 24.6 Å². The molecule has 0 heterocycles. The second-order valence-electron chi connectivity index (χ2n) is 4.66. The third-order valence-corrected chi connectivity index (χ3v) is 3.11. The van der Waals surface area contributed by atoms with Crippen molar-refractivity contribution >= 4 is 11.9 Å². The molecule has 1 rings (SSSR count). The molecule has 0 spiro atoms. The van der Waals surface area contributed by atoms with Crippen LogP contribution < -0.4 is 14.8 Å². The predicted molar refractivity (Wildman–Crippen MR) is 81.1 cm³/mol. The lowest BCUT2D eigenvalue weighted by atomic mass is 10.2. The Morgan fingerprint density at radius 1 is 1.23 bits per heavy atom. The molecule has 0 fully saturated rings. The quantitative estimate of drug-likeness (QED) is 0.699. The van der Waals surface area contributed by atoms with Crippen molar-refractivity contribution in [1.82, 2.24) is 10.2 Å². The molecule has 122 valence electrons. The van der Waals surface area contributed by atoms with Crippen molar-refractivity contribution in [2.45, 2.75) is 13.5 Å². The zero-order valence-electron chi connectivity index (χ0n) is 13.1. The maximum absolute atomic E-state index is 11.7. The van der Waals surface area contributed by atoms with E-state index < -0.39 is 5.97 Å². The number of benzene rings is 1. The van der Waals surface area contributed by atoms with Crippen LogP contribution in [0, 0.1) is 0 Å². The maximum atomic E-state index is 11.7. The van der Waals surface area contributed by atoms with E-state index >= 15 is 0 Å². The number of rotatable bonds is 9. The molecule has 0 saturated heterocycles. The number of carbonyl (C=O) groups excluding carboxylic acids is 1. The van der Waals surface area contributed by atoms with Crippen LogP contribution in [0.25, 0.3) is 0 Å². The monoisotopic (exact) mass is 310 g/mol. The first kappa shape index (κ1) is 17.8. The van der Waals surface area contributed by atoms with Gasteiger partial charge in [-0.2, -0.15) is 0 Å². The molecule has 7 nitrogen and oxygen atoms in total. The molecule has 7 heteroatoms. The first-order valence-corrected chi connectivity index (χ1v) is 6.91. The highest BCUT2D eigenvalue weighted by Gasteiger charge is 2.12. The number of nitrogens with one attached hydrogen (secondary N) is 1. The summed E-state index contributed by atoms with van der Waals surface area (Å²) in [6.07, 6.45) is 0. The molecule has 0 aliphatic carbocycles. The van der Waals surface area contributed by atoms with Gasteiger partial charge in [0.15, 0.2) is 11.5 Å². The molecule has 0 saturated carbocycles. The number of nitrogens with zero attached hydrogens (tertiary/aromatic N) is 1. The normalized spacial score (nSPS) is 10.4. The van der Waals surface area contributed by atoms with Crippen LogP contribution in [0.15, 0.2) is 18.2 Å². The average Bonchev–Trinajstić information content (AvgIpc) is 2.52. The van der Waals surface area contributed by atoms with Crippen molar-refractivity contribution in [2.24, 2.45) is 0 Å². The Bertz CT molecular complexity index is 519. The first-order valence-electron chi connectivity index (χ1n) is 6.91. The van der Waals surface area contributed by atoms with E-state index in [1.54, 1.807) is 14.2 Å². The number of hydrogen-bond donors (Lipinski definition) is 2. The molecule has 22 heavy (non-hydrogen) atoms. The van der Waals surface area contributed by atoms with Crippen molar-refractivity contribution in [3.63, 3.8) is 0 Å². The minimum atomic E-state index is -1.06. The highest BCUT2D eigenvalue weighted by molar-refractivity contribution is 5.82. The van der Waals surface area contributed by atoms with Gasteiger partial charge in [0, 0.05) is 6.54 Å². The fourth-order valence-corrected chi connectivity index (χ4v) is 1.95. The molecule has 1 amide bonds. The molecule has 0 aliphatic rings. The summed E-state index contributed by atoms with van der Waals surface area (Å²) in [5.41, 5.74) is 0.977. The van der Waals surface area contributed by atoms with Gasteiger partial charge in [-0.25, -0.2) is 0 Å². The van der Waals surface area contributed by atoms with Gasteiger partial charge in [0.05, 0.1) is 20.8 Å². The molecule has 1 aromatic carbocycles. The largest absolute Gasteiger partial charge is 0.493 e. The van der Waals surface area contributed by atoms with Crippen molar-refractivity contribution in [3.8, 4) is 11.5 Å². The number of hydrogen-bond acceptors (Lipinski definition) is 5. The standard InChI is InChI=1S/C15H22N2O5/c1-4-17(10-14(18)16-8-15(19)20)9-11-5-6-12(21-2)13(7-11)22-3/h5-7H,4,8-10H2,1-3H3,(H,16,18)(H,19,20). The second-order valence-corrected chi connectivity index (χ2v) is 4.66. The minimum absolute atomic E-state index is 0.137. The SMILES string of the molecule is CCN(CC(=O)NCC(=O)O)Cc1ccc(OC)c(OC)c1. The summed E-state index contributed by atoms with van der Waals surface area (Å²) in [4.78, 5) is 24.0. The lowest BCUT2D eigenvalue weighted by Crippen LogP contribution is -2.38. The lowest BCUT2D eigenvalue weighted by molar-refractivity contribution is -0.138. The van der Waals surface area contributed by atoms with Crippen LogP contribution in [-0.4, -0.2) is 55.7 Å². The summed E-state index contributed by atoms with van der Waals surface area (Å²) >= 11 is 0. The van der Waals surface area contributed by atoms with Crippen molar-refractivity contribution < 1.29 is 24.2 Å². The predicted octanol–water partition coefficient (Wildman–Crippen LogP) is 0.727. The van der Waals surface area contributed by atoms with Crippen LogP contribution in [0.3, 0.4) is 0 Å². The van der Waals surface area contributed by atoms with Crippen LogP contribution >= 0.6 is 0 Å². The number of aliphatic carboxylic acids is 1. The van der Waals surface area contributed by atoms with Gasteiger partial charge < -0.3 is 19.9 Å². The van der Waals surface area contributed by atoms with E-state index in [9.17, 15) is 9.59 Å². The third-order valence-electron chi connectivity index (χ3n) is 3.11. The Hall–Kier alpha value is -2.28. The van der Waals surface area contributed by atoms with Crippen molar-refractivity contribution in [1.29, 1.82) is 0 Å². The Morgan fingerprint density at radius 3 is 2.45 bits per heavy atom. The molecule has 0 radical (unpaired) electrons. The Kier molecular flexibility index (Phi) is 7.18. The first-order chi connectivity index (χ1) is 10.5. The number of carbonyl (C=O) groups is 2. The Morgan fingerprint density at radius 2 is 1.91 bits per heavy atom. The van der Waals surface area contributed by atoms with E-state index in [2.05, 4.69) is 5.32 Å². The number of likely N-dealkylation sites (N-methyl/N-ethyl adjacent to an activating group) is 1. The molecule has 0 aliphatic heterocycles. The van der Waals surface area contributed by atoms with Crippen LogP contribution in [-0.2, 0) is 16.1 Å². The molecular weight excluding hydrogens is 288 g/mol. The summed E-state index contributed by atoms with van der Waals surface area (Å²) in [5.74, 6) is -0.0964. The van der Waals surface area contributed by atoms with E-state index in [1.807, 2.05) is 30.0 Å². The van der Waals surface area contributed by atoms with Crippen LogP contribution in [0.4, 0.5) is 0 Å². The zero-order chi connectivity index (χ0) is 16.5. The van der Waals surface area contributed by atoms with E-state index in [-0.39, 0.29) is 19.0 Å². The number of methoxy groups -OCH3 is 2. The van der Waals surface area contributed by atoms with Crippen LogP contribution in [0.5, 0.6) is 11.5 Å². The summed E-state index contributed by atoms with van der Waals surface area (Å²) in [6, 6.07) is 5.57. The van der Waals surface area contributed by atoms with E-state index in [1.165, 1.54) is 0 Å². The number of ether oxygens (including phenoxy) is 2. The minimum Gasteiger partial charge on any atom is -0.493 e. The number of carboxylic acid groups (broad SMARTS) is 1. The summed E-state index contributed by atoms with van der Waals surface area (Å²) in [6.45, 7) is 2.92. The molecule has 2 N–H and O–H groups in total. The fourth-order valence-electron chi connectivity index (χ4n) is 1.95. The highest BCUT2D eigenvalue weighted by atomic mass is 16.5. The molecule has 1 aromatic rings. The second kappa shape index (κ2) is 8.89. The lowest BCUT2D eigenvalue weighted by Gasteiger charge is -2.20. The van der Waals surface area contributed by atoms with Gasteiger partial charge in [0.25, 0.3) is 0 Å². The summed E-state index contributed by atoms with van der Waals surface area (Å²) < 4.78 is 10.4. The number of amides is 1. The fraction of sp³-hybridized carbons (Fsp3) is 0.467. The number of carboxylic acids is 1. The van der Waals surface area contributed by atoms with E-state index in [4.69, 9.17) is 14.6 Å². The molecule has 0 aromatic heterocycles. The highest BCUT2D eigenvalue weighted by Crippen LogP contribution is 2.27. The zero-order valence-corrected chi connectivity index (χ0v) is 13.1. The van der Waals surface area contributed by atoms with Gasteiger partial charge >= 0.3 is 5.97 Å². The topological polar surface area (TPSA) is 88.1 Å². The molecular formula is C15H22N2O5. The maximum Gasteiger partial charge on any atom is 0.322 e. The van der Waals surface area contributed by atoms with Gasteiger partial charge in [0.1, 0.15) is 6.54 Å². The average molecular weight is 310 g/mol. The molecule has 0 atom stereocenters. The van der Waals surface area contributed by atoms with Gasteiger partial charge in [-0.3, -0.25) is 14.5 Å². The molecule has 0 bridgehead atoms. The van der Waals surface area contributed by atoms with Gasteiger partial charge in [0.2, 0.25) is 5.91 Å². The van der Waals surface area contributed by atoms with Gasteiger partial charge in [-0.15, -0.1) is 0 Å². The van der Waals surface area contributed by atoms with Gasteiger partial charge in [-0.1, -0.05) is 13.0 Å². The van der Waals surface area contributed by atoms with Crippen LogP contribution in [0.2, 0.25) is 0 Å². The smallest absolute Gasteiger partial charge is 0.322 e. The van der Waals surface area contributed by atoms with E-state index in [0.717, 1.165) is 5.56 Å². The van der Waals surface area contributed by atoms with Crippen molar-refractivity contribution in [3.05, 3.63) is 23.8 Å². The van der Waals surface area contributed by atoms with Gasteiger partial charge in [-0.05, 0) is 24.2 Å².